The van der Waals surface area contributed by atoms with E-state index in [0.717, 1.165) is 0 Å². The molecule has 31 heavy (non-hydrogen) atoms. The Morgan fingerprint density at radius 1 is 1.13 bits per heavy atom. The molecule has 0 saturated carbocycles. The van der Waals surface area contributed by atoms with Crippen LogP contribution in [0, 0.1) is 5.82 Å². The zero-order valence-corrected chi connectivity index (χ0v) is 18.1. The predicted octanol–water partition coefficient (Wildman–Crippen LogP) is 5.21. The fourth-order valence-electron chi connectivity index (χ4n) is 2.57. The van der Waals surface area contributed by atoms with Gasteiger partial charge in [0.15, 0.2) is 0 Å². The first-order chi connectivity index (χ1) is 14.6. The van der Waals surface area contributed by atoms with Gasteiger partial charge in [0, 0.05) is 23.0 Å². The number of aromatic nitrogens is 2. The van der Waals surface area contributed by atoms with Crippen molar-refractivity contribution in [2.24, 2.45) is 0 Å². The topological polar surface area (TPSA) is 90.4 Å². The van der Waals surface area contributed by atoms with Crippen molar-refractivity contribution in [3.63, 3.8) is 0 Å². The van der Waals surface area contributed by atoms with Crippen LogP contribution in [0.15, 0.2) is 60.8 Å². The van der Waals surface area contributed by atoms with Crippen molar-refractivity contribution < 1.29 is 14.3 Å². The summed E-state index contributed by atoms with van der Waals surface area (Å²) in [5.41, 5.74) is -0.0697. The number of amides is 2. The van der Waals surface area contributed by atoms with Gasteiger partial charge in [0.1, 0.15) is 11.6 Å². The molecule has 9 heteroatoms. The van der Waals surface area contributed by atoms with Crippen LogP contribution in [0.3, 0.4) is 0 Å². The van der Waals surface area contributed by atoms with E-state index in [4.69, 9.17) is 11.6 Å². The molecule has 0 aliphatic carbocycles. The number of nitrogens with zero attached hydrogens (tertiary/aromatic N) is 3. The van der Waals surface area contributed by atoms with Crippen LogP contribution in [-0.4, -0.2) is 32.7 Å². The van der Waals surface area contributed by atoms with E-state index in [0.29, 0.717) is 16.4 Å². The Kier molecular flexibility index (Phi) is 6.72. The van der Waals surface area contributed by atoms with Gasteiger partial charge in [-0.15, -0.1) is 0 Å². The Labute approximate surface area is 184 Å². The molecule has 3 aromatic rings. The Morgan fingerprint density at radius 2 is 1.77 bits per heavy atom. The molecule has 1 unspecified atom stereocenters. The van der Waals surface area contributed by atoms with Crippen molar-refractivity contribution in [1.29, 1.82) is 0 Å². The molecule has 0 aliphatic heterocycles. The number of halogens is 2. The van der Waals surface area contributed by atoms with Crippen LogP contribution in [0.1, 0.15) is 20.8 Å². The number of aliphatic hydroxyl groups is 1. The molecule has 0 spiro atoms. The smallest absolute Gasteiger partial charge is 0.332 e. The molecule has 162 valence electrons. The number of anilines is 4. The largest absolute Gasteiger partial charge is 0.388 e. The summed E-state index contributed by atoms with van der Waals surface area (Å²) in [4.78, 5) is 23.0. The number of hydrogen-bond acceptors (Lipinski definition) is 5. The Bertz CT molecular complexity index is 1040. The van der Waals surface area contributed by atoms with Gasteiger partial charge >= 0.3 is 6.03 Å². The molecule has 0 radical (unpaired) electrons. The lowest BCUT2D eigenvalue weighted by Crippen LogP contribution is -2.40. The van der Waals surface area contributed by atoms with E-state index < -0.39 is 17.4 Å². The zero-order chi connectivity index (χ0) is 22.6. The van der Waals surface area contributed by atoms with Crippen LogP contribution in [0.25, 0.3) is 0 Å². The van der Waals surface area contributed by atoms with Gasteiger partial charge in [-0.2, -0.15) is 4.98 Å². The van der Waals surface area contributed by atoms with E-state index in [1.807, 2.05) is 0 Å². The lowest BCUT2D eigenvalue weighted by Gasteiger charge is -2.27. The first kappa shape index (κ1) is 22.5. The fraction of sp³-hybridized carbons (Fsp3) is 0.227. The van der Waals surface area contributed by atoms with Crippen LogP contribution in [0.5, 0.6) is 0 Å². The number of urea groups is 1. The normalized spacial score (nSPS) is 12.2. The van der Waals surface area contributed by atoms with Gasteiger partial charge in [-0.3, -0.25) is 0 Å². The molecule has 0 aliphatic rings. The van der Waals surface area contributed by atoms with Gasteiger partial charge in [0.25, 0.3) is 0 Å². The molecule has 0 bridgehead atoms. The van der Waals surface area contributed by atoms with Gasteiger partial charge in [-0.25, -0.2) is 19.1 Å². The summed E-state index contributed by atoms with van der Waals surface area (Å²) >= 11 is 5.91. The van der Waals surface area contributed by atoms with Crippen molar-refractivity contribution in [1.82, 2.24) is 9.97 Å². The maximum absolute atomic E-state index is 13.5. The number of carbonyl (C=O) groups is 1. The molecule has 1 atom stereocenters. The third-order valence-electron chi connectivity index (χ3n) is 4.66. The highest BCUT2D eigenvalue weighted by atomic mass is 35.5. The third kappa shape index (κ3) is 5.90. The molecule has 2 aromatic carbocycles. The minimum absolute atomic E-state index is 0.235. The Balaban J connectivity index is 1.94. The second kappa shape index (κ2) is 9.28. The average molecular weight is 444 g/mol. The number of carbonyl (C=O) groups excluding carboxylic acids is 1. The monoisotopic (exact) mass is 443 g/mol. The van der Waals surface area contributed by atoms with Gasteiger partial charge in [0.05, 0.1) is 17.3 Å². The molecule has 3 N–H and O–H groups in total. The predicted molar refractivity (Wildman–Crippen MR) is 120 cm³/mol. The summed E-state index contributed by atoms with van der Waals surface area (Å²) in [6.07, 6.45) is 1.49. The summed E-state index contributed by atoms with van der Waals surface area (Å²) in [6, 6.07) is 12.8. The van der Waals surface area contributed by atoms with E-state index in [2.05, 4.69) is 20.6 Å². The lowest BCUT2D eigenvalue weighted by molar-refractivity contribution is 0.0646. The van der Waals surface area contributed by atoms with Gasteiger partial charge in [-0.05, 0) is 69.3 Å². The second-order valence-electron chi connectivity index (χ2n) is 7.51. The first-order valence-electron chi connectivity index (χ1n) is 9.57. The number of rotatable bonds is 6. The molecule has 2 amide bonds. The van der Waals surface area contributed by atoms with E-state index in [1.165, 1.54) is 35.4 Å². The van der Waals surface area contributed by atoms with Gasteiger partial charge in [-0.1, -0.05) is 11.6 Å². The summed E-state index contributed by atoms with van der Waals surface area (Å²) in [5.74, 6) is 0.0721. The molecule has 1 heterocycles. The quantitative estimate of drug-likeness (QED) is 0.486. The van der Waals surface area contributed by atoms with Gasteiger partial charge < -0.3 is 15.7 Å². The Morgan fingerprint density at radius 3 is 2.39 bits per heavy atom. The summed E-state index contributed by atoms with van der Waals surface area (Å²) in [7, 11) is 0. The van der Waals surface area contributed by atoms with Crippen molar-refractivity contribution in [3.05, 3.63) is 71.6 Å². The van der Waals surface area contributed by atoms with Crippen molar-refractivity contribution in [2.45, 2.75) is 32.4 Å². The minimum atomic E-state index is -1.01. The molecule has 0 saturated heterocycles. The number of hydrogen-bond donors (Lipinski definition) is 3. The van der Waals surface area contributed by atoms with Crippen LogP contribution in [-0.2, 0) is 0 Å². The number of benzene rings is 2. The minimum Gasteiger partial charge on any atom is -0.388 e. The van der Waals surface area contributed by atoms with Crippen molar-refractivity contribution in [3.8, 4) is 0 Å². The van der Waals surface area contributed by atoms with E-state index in [9.17, 15) is 14.3 Å². The van der Waals surface area contributed by atoms with Crippen LogP contribution in [0.4, 0.5) is 32.3 Å². The molecular weight excluding hydrogens is 421 g/mol. The maximum Gasteiger partial charge on any atom is 0.332 e. The fourth-order valence-corrected chi connectivity index (χ4v) is 2.70. The highest BCUT2D eigenvalue weighted by Gasteiger charge is 2.24. The average Bonchev–Trinajstić information content (AvgIpc) is 2.71. The van der Waals surface area contributed by atoms with E-state index in [-0.39, 0.29) is 17.8 Å². The molecule has 3 rings (SSSR count). The summed E-state index contributed by atoms with van der Waals surface area (Å²) < 4.78 is 13.5. The number of nitrogens with one attached hydrogen (secondary N) is 2. The zero-order valence-electron chi connectivity index (χ0n) is 17.3. The highest BCUT2D eigenvalue weighted by molar-refractivity contribution is 6.30. The standard InChI is InChI=1S/C22H23ClFN5O2/c1-14(22(2,3)31)26-20-25-13-12-19(28-20)29(18-10-6-16(24)7-11-18)21(30)27-17-8-4-15(23)5-9-17/h4-14,31H,1-3H3,(H,27,30)(H,25,26,28). The van der Waals surface area contributed by atoms with Gasteiger partial charge in [0.2, 0.25) is 5.95 Å². The molecule has 0 fully saturated rings. The molecular formula is C22H23ClFN5O2. The third-order valence-corrected chi connectivity index (χ3v) is 4.91. The van der Waals surface area contributed by atoms with E-state index in [1.54, 1.807) is 51.1 Å². The van der Waals surface area contributed by atoms with Crippen molar-refractivity contribution in [2.75, 3.05) is 15.5 Å². The molecule has 1 aromatic heterocycles. The van der Waals surface area contributed by atoms with Crippen LogP contribution >= 0.6 is 11.6 Å². The summed E-state index contributed by atoms with van der Waals surface area (Å²) in [6.45, 7) is 5.12. The van der Waals surface area contributed by atoms with Crippen molar-refractivity contribution >= 4 is 40.8 Å². The second-order valence-corrected chi connectivity index (χ2v) is 7.94. The highest BCUT2D eigenvalue weighted by Crippen LogP contribution is 2.26. The van der Waals surface area contributed by atoms with E-state index >= 15 is 0 Å². The van der Waals surface area contributed by atoms with Crippen LogP contribution < -0.4 is 15.5 Å². The first-order valence-corrected chi connectivity index (χ1v) is 9.95. The van der Waals surface area contributed by atoms with Crippen LogP contribution in [0.2, 0.25) is 5.02 Å². The SMILES string of the molecule is CC(Nc1nccc(N(C(=O)Nc2ccc(Cl)cc2)c2ccc(F)cc2)n1)C(C)(C)O. The Hall–Kier alpha value is -3.23. The maximum atomic E-state index is 13.5. The summed E-state index contributed by atoms with van der Waals surface area (Å²) in [5, 5.41) is 16.5. The molecule has 7 nitrogen and oxygen atoms in total. The lowest BCUT2D eigenvalue weighted by atomic mass is 10.0.